The van der Waals surface area contributed by atoms with Crippen molar-refractivity contribution in [3.63, 3.8) is 0 Å². The van der Waals surface area contributed by atoms with Crippen molar-refractivity contribution in [2.75, 3.05) is 48.0 Å². The van der Waals surface area contributed by atoms with Crippen molar-refractivity contribution in [3.05, 3.63) is 101 Å². The molecule has 0 radical (unpaired) electrons. The minimum Gasteiger partial charge on any atom is -0.494 e. The first-order valence-corrected chi connectivity index (χ1v) is 17.6. The molecular weight excluding hydrogens is 715 g/mol. The fourth-order valence-electron chi connectivity index (χ4n) is 6.05. The van der Waals surface area contributed by atoms with Crippen molar-refractivity contribution in [1.82, 2.24) is 10.2 Å². The normalized spacial score (nSPS) is 15.8. The molecule has 0 aromatic heterocycles. The summed E-state index contributed by atoms with van der Waals surface area (Å²) in [5.74, 6) is -2.79. The van der Waals surface area contributed by atoms with E-state index in [9.17, 15) is 19.2 Å². The van der Waals surface area contributed by atoms with E-state index >= 15 is 4.39 Å². The molecule has 5 rings (SSSR count). The summed E-state index contributed by atoms with van der Waals surface area (Å²) >= 11 is 0. The molecular formula is C41H45FN2O11. The largest absolute Gasteiger partial charge is 0.494 e. The van der Waals surface area contributed by atoms with Crippen LogP contribution in [0.15, 0.2) is 72.8 Å². The highest BCUT2D eigenvalue weighted by Gasteiger charge is 2.36. The summed E-state index contributed by atoms with van der Waals surface area (Å²) in [5.41, 5.74) is -0.739. The Morgan fingerprint density at radius 2 is 1.44 bits per heavy atom. The molecule has 1 heterocycles. The fraction of sp³-hybridized carbons (Fsp3) is 0.366. The van der Waals surface area contributed by atoms with Crippen LogP contribution in [-0.2, 0) is 18.9 Å². The highest BCUT2D eigenvalue weighted by Crippen LogP contribution is 2.32. The molecule has 13 nitrogen and oxygen atoms in total. The standard InChI is InChI=1S/C41H45FN2O11/c1-41(2,3)55-40(48)44-19-9-12-31(30(22-44)43-38(46)29-20-27-10-7-8-11-28(27)21-34(29)53-24-50-5)54-39(47)26-15-13-25(14-16-26)37(45)35-32(52-23-49-4)17-18-33(51-6)36(35)42/h7-8,10-11,13-18,20-21,30-31H,9,12,19,22-24H2,1-6H3,(H,43,46)/t30-,31-/m1/s1. The second kappa shape index (κ2) is 18.1. The van der Waals surface area contributed by atoms with Crippen LogP contribution in [0.1, 0.15) is 70.3 Å². The van der Waals surface area contributed by atoms with E-state index in [1.807, 2.05) is 24.3 Å². The van der Waals surface area contributed by atoms with Crippen molar-refractivity contribution < 1.29 is 56.7 Å². The van der Waals surface area contributed by atoms with E-state index in [0.29, 0.717) is 19.4 Å². The summed E-state index contributed by atoms with van der Waals surface area (Å²) in [7, 11) is 4.14. The van der Waals surface area contributed by atoms with Gasteiger partial charge in [-0.1, -0.05) is 36.4 Å². The average molecular weight is 761 g/mol. The molecule has 1 aliphatic rings. The molecule has 4 aromatic carbocycles. The number of amides is 2. The number of ether oxygens (including phenoxy) is 7. The topological polar surface area (TPSA) is 148 Å². The molecule has 1 N–H and O–H groups in total. The van der Waals surface area contributed by atoms with Gasteiger partial charge in [0.05, 0.1) is 24.3 Å². The number of esters is 1. The van der Waals surface area contributed by atoms with E-state index in [-0.39, 0.29) is 59.6 Å². The molecule has 0 saturated carbocycles. The zero-order valence-corrected chi connectivity index (χ0v) is 31.6. The van der Waals surface area contributed by atoms with E-state index in [2.05, 4.69) is 5.32 Å². The number of nitrogens with zero attached hydrogens (tertiary/aromatic N) is 1. The zero-order chi connectivity index (χ0) is 39.7. The van der Waals surface area contributed by atoms with Gasteiger partial charge in [-0.05, 0) is 80.8 Å². The SMILES string of the molecule is COCOc1cc2ccccc2cc1C(=O)N[C@@H]1CN(C(=O)OC(C)(C)C)CCC[C@H]1OC(=O)c1ccc(C(=O)c2c(OCOC)ccc(OC)c2F)cc1. The highest BCUT2D eigenvalue weighted by atomic mass is 19.1. The van der Waals surface area contributed by atoms with Gasteiger partial charge in [0.15, 0.2) is 30.9 Å². The van der Waals surface area contributed by atoms with E-state index in [0.717, 1.165) is 10.8 Å². The lowest BCUT2D eigenvalue weighted by atomic mass is 10.00. The predicted molar refractivity (Wildman–Crippen MR) is 199 cm³/mol. The lowest BCUT2D eigenvalue weighted by Crippen LogP contribution is -2.51. The van der Waals surface area contributed by atoms with E-state index in [4.69, 9.17) is 33.2 Å². The molecule has 1 aliphatic heterocycles. The van der Waals surface area contributed by atoms with Gasteiger partial charge < -0.3 is 43.4 Å². The number of hydrogen-bond acceptors (Lipinski definition) is 11. The first kappa shape index (κ1) is 40.5. The van der Waals surface area contributed by atoms with Crippen LogP contribution < -0.4 is 19.5 Å². The Morgan fingerprint density at radius 1 is 0.818 bits per heavy atom. The molecule has 1 saturated heterocycles. The summed E-state index contributed by atoms with van der Waals surface area (Å²) in [5, 5.41) is 4.64. The zero-order valence-electron chi connectivity index (χ0n) is 31.6. The molecule has 0 bridgehead atoms. The maximum absolute atomic E-state index is 15.3. The number of fused-ring (bicyclic) bond motifs is 1. The van der Waals surface area contributed by atoms with Gasteiger partial charge in [0, 0.05) is 32.9 Å². The smallest absolute Gasteiger partial charge is 0.410 e. The number of nitrogens with one attached hydrogen (secondary N) is 1. The first-order chi connectivity index (χ1) is 26.3. The van der Waals surface area contributed by atoms with Crippen molar-refractivity contribution >= 4 is 34.5 Å². The second-order valence-corrected chi connectivity index (χ2v) is 13.8. The van der Waals surface area contributed by atoms with E-state index < -0.39 is 47.3 Å². The number of ketones is 1. The monoisotopic (exact) mass is 760 g/mol. The van der Waals surface area contributed by atoms with Crippen LogP contribution in [-0.4, -0.2) is 94.4 Å². The van der Waals surface area contributed by atoms with Crippen LogP contribution in [0, 0.1) is 5.82 Å². The Balaban J connectivity index is 1.40. The Hall–Kier alpha value is -5.73. The molecule has 2 atom stereocenters. The first-order valence-electron chi connectivity index (χ1n) is 17.6. The third kappa shape index (κ3) is 10.1. The number of rotatable bonds is 13. The predicted octanol–water partition coefficient (Wildman–Crippen LogP) is 6.54. The average Bonchev–Trinajstić information content (AvgIpc) is 3.36. The lowest BCUT2D eigenvalue weighted by Gasteiger charge is -2.31. The van der Waals surface area contributed by atoms with Gasteiger partial charge in [0.1, 0.15) is 28.8 Å². The van der Waals surface area contributed by atoms with Gasteiger partial charge in [0.2, 0.25) is 0 Å². The fourth-order valence-corrected chi connectivity index (χ4v) is 6.05. The number of hydrogen-bond donors (Lipinski definition) is 1. The van der Waals surface area contributed by atoms with E-state index in [1.54, 1.807) is 32.9 Å². The quantitative estimate of drug-likeness (QED) is 0.0900. The third-order valence-electron chi connectivity index (χ3n) is 8.66. The van der Waals surface area contributed by atoms with Gasteiger partial charge in [-0.15, -0.1) is 0 Å². The van der Waals surface area contributed by atoms with Crippen LogP contribution >= 0.6 is 0 Å². The highest BCUT2D eigenvalue weighted by molar-refractivity contribution is 6.11. The van der Waals surface area contributed by atoms with Crippen molar-refractivity contribution in [2.24, 2.45) is 0 Å². The number of carbonyl (C=O) groups excluding carboxylic acids is 4. The van der Waals surface area contributed by atoms with Crippen LogP contribution in [0.3, 0.4) is 0 Å². The molecule has 14 heteroatoms. The van der Waals surface area contributed by atoms with Crippen molar-refractivity contribution in [2.45, 2.75) is 51.4 Å². The van der Waals surface area contributed by atoms with Crippen molar-refractivity contribution in [3.8, 4) is 17.2 Å². The van der Waals surface area contributed by atoms with Crippen LogP contribution in [0.4, 0.5) is 9.18 Å². The molecule has 292 valence electrons. The maximum atomic E-state index is 15.3. The Morgan fingerprint density at radius 3 is 2.07 bits per heavy atom. The Bertz CT molecular complexity index is 2010. The van der Waals surface area contributed by atoms with Gasteiger partial charge in [0.25, 0.3) is 5.91 Å². The van der Waals surface area contributed by atoms with Crippen LogP contribution in [0.25, 0.3) is 10.8 Å². The Kier molecular flexibility index (Phi) is 13.3. The summed E-state index contributed by atoms with van der Waals surface area (Å²) in [6.07, 6.45) is -0.705. The third-order valence-corrected chi connectivity index (χ3v) is 8.66. The molecule has 0 unspecified atom stereocenters. The van der Waals surface area contributed by atoms with Gasteiger partial charge >= 0.3 is 12.1 Å². The molecule has 2 amide bonds. The van der Waals surface area contributed by atoms with Crippen LogP contribution in [0.2, 0.25) is 0 Å². The maximum Gasteiger partial charge on any atom is 0.410 e. The number of carbonyl (C=O) groups is 4. The second-order valence-electron chi connectivity index (χ2n) is 13.8. The number of likely N-dealkylation sites (tertiary alicyclic amines) is 1. The summed E-state index contributed by atoms with van der Waals surface area (Å²) in [6, 6.07) is 18.3. The molecule has 1 fully saturated rings. The summed E-state index contributed by atoms with van der Waals surface area (Å²) < 4.78 is 53.3. The minimum atomic E-state index is -0.910. The number of halogens is 1. The lowest BCUT2D eigenvalue weighted by molar-refractivity contribution is 0.0125. The van der Waals surface area contributed by atoms with Gasteiger partial charge in [-0.25, -0.2) is 14.0 Å². The molecule has 55 heavy (non-hydrogen) atoms. The van der Waals surface area contributed by atoms with Gasteiger partial charge in [-0.3, -0.25) is 9.59 Å². The molecule has 4 aromatic rings. The Labute approximate surface area is 318 Å². The van der Waals surface area contributed by atoms with E-state index in [1.165, 1.54) is 62.6 Å². The van der Waals surface area contributed by atoms with Crippen LogP contribution in [0.5, 0.6) is 17.2 Å². The summed E-state index contributed by atoms with van der Waals surface area (Å²) in [4.78, 5) is 55.9. The van der Waals surface area contributed by atoms with Gasteiger partial charge in [-0.2, -0.15) is 0 Å². The van der Waals surface area contributed by atoms with Crippen molar-refractivity contribution in [1.29, 1.82) is 0 Å². The minimum absolute atomic E-state index is 0.0204. The molecule has 0 aliphatic carbocycles. The number of methoxy groups -OCH3 is 3. The summed E-state index contributed by atoms with van der Waals surface area (Å²) in [6.45, 7) is 5.22. The number of benzene rings is 4. The molecule has 0 spiro atoms.